The summed E-state index contributed by atoms with van der Waals surface area (Å²) in [6.07, 6.45) is 0.172. The Morgan fingerprint density at radius 1 is 1.33 bits per heavy atom. The summed E-state index contributed by atoms with van der Waals surface area (Å²) in [5.74, 6) is -1.92. The van der Waals surface area contributed by atoms with E-state index in [-0.39, 0.29) is 18.9 Å². The number of hydrogen-bond acceptors (Lipinski definition) is 4. The lowest BCUT2D eigenvalue weighted by Crippen LogP contribution is -2.32. The molecule has 110 valence electrons. The molecule has 0 radical (unpaired) electrons. The van der Waals surface area contributed by atoms with Crippen molar-refractivity contribution in [1.82, 2.24) is 10.3 Å². The Morgan fingerprint density at radius 2 is 2.05 bits per heavy atom. The largest absolute Gasteiger partial charge is 0.481 e. The van der Waals surface area contributed by atoms with E-state index in [2.05, 4.69) is 10.3 Å². The fourth-order valence-corrected chi connectivity index (χ4v) is 2.58. The number of hydrogen-bond donors (Lipinski definition) is 2. The van der Waals surface area contributed by atoms with E-state index in [0.717, 1.165) is 5.01 Å². The minimum Gasteiger partial charge on any atom is -0.481 e. The molecular weight excluding hydrogens is 288 g/mol. The van der Waals surface area contributed by atoms with Gasteiger partial charge in [-0.1, -0.05) is 30.3 Å². The van der Waals surface area contributed by atoms with Gasteiger partial charge in [0.25, 0.3) is 0 Å². The molecule has 2 N–H and O–H groups in total. The van der Waals surface area contributed by atoms with Crippen LogP contribution in [0, 0.1) is 6.92 Å². The van der Waals surface area contributed by atoms with Crippen molar-refractivity contribution in [2.24, 2.45) is 0 Å². The quantitative estimate of drug-likeness (QED) is 0.855. The van der Waals surface area contributed by atoms with Crippen molar-refractivity contribution in [2.45, 2.75) is 19.3 Å². The summed E-state index contributed by atoms with van der Waals surface area (Å²) >= 11 is 1.49. The Hall–Kier alpha value is -2.21. The third-order valence-corrected chi connectivity index (χ3v) is 3.83. The second kappa shape index (κ2) is 6.99. The first kappa shape index (κ1) is 15.2. The zero-order chi connectivity index (χ0) is 15.2. The fraction of sp³-hybridized carbons (Fsp3) is 0.267. The fourth-order valence-electron chi connectivity index (χ4n) is 1.97. The van der Waals surface area contributed by atoms with Crippen LogP contribution in [0.3, 0.4) is 0 Å². The van der Waals surface area contributed by atoms with E-state index in [9.17, 15) is 14.7 Å². The van der Waals surface area contributed by atoms with Crippen LogP contribution in [0.1, 0.15) is 22.2 Å². The molecule has 1 amide bonds. The molecule has 0 spiro atoms. The first-order valence-electron chi connectivity index (χ1n) is 6.51. The maximum absolute atomic E-state index is 11.8. The van der Waals surface area contributed by atoms with Gasteiger partial charge in [-0.05, 0) is 12.5 Å². The van der Waals surface area contributed by atoms with E-state index in [0.29, 0.717) is 11.3 Å². The number of carbonyl (C=O) groups is 2. The van der Waals surface area contributed by atoms with Gasteiger partial charge in [0.2, 0.25) is 5.91 Å². The third-order valence-electron chi connectivity index (χ3n) is 3.01. The Morgan fingerprint density at radius 3 is 2.62 bits per heavy atom. The van der Waals surface area contributed by atoms with Crippen molar-refractivity contribution in [3.05, 3.63) is 52.0 Å². The highest BCUT2D eigenvalue weighted by molar-refractivity contribution is 7.09. The minimum atomic E-state index is -0.953. The summed E-state index contributed by atoms with van der Waals surface area (Å²) in [6.45, 7) is 1.95. The van der Waals surface area contributed by atoms with Gasteiger partial charge in [0, 0.05) is 11.9 Å². The SMILES string of the molecule is Cc1nc(CC(=O)NCC(C(=O)O)c2ccccc2)cs1. The molecule has 6 heteroatoms. The van der Waals surface area contributed by atoms with Gasteiger partial charge in [-0.25, -0.2) is 4.98 Å². The van der Waals surface area contributed by atoms with Gasteiger partial charge < -0.3 is 10.4 Å². The van der Waals surface area contributed by atoms with Gasteiger partial charge in [0.15, 0.2) is 0 Å². The third kappa shape index (κ3) is 4.39. The molecule has 0 bridgehead atoms. The molecule has 1 heterocycles. The number of amides is 1. The van der Waals surface area contributed by atoms with Crippen molar-refractivity contribution in [3.63, 3.8) is 0 Å². The second-order valence-corrected chi connectivity index (χ2v) is 5.70. The first-order chi connectivity index (χ1) is 10.1. The number of thiazole rings is 1. The van der Waals surface area contributed by atoms with Gasteiger partial charge in [-0.3, -0.25) is 9.59 Å². The van der Waals surface area contributed by atoms with E-state index < -0.39 is 11.9 Å². The van der Waals surface area contributed by atoms with E-state index in [4.69, 9.17) is 0 Å². The normalized spacial score (nSPS) is 11.9. The van der Waals surface area contributed by atoms with Crippen LogP contribution < -0.4 is 5.32 Å². The molecule has 1 aromatic carbocycles. The molecule has 1 unspecified atom stereocenters. The van der Waals surface area contributed by atoms with Crippen molar-refractivity contribution < 1.29 is 14.7 Å². The molecule has 21 heavy (non-hydrogen) atoms. The van der Waals surface area contributed by atoms with Gasteiger partial charge in [-0.2, -0.15) is 0 Å². The number of aryl methyl sites for hydroxylation is 1. The lowest BCUT2D eigenvalue weighted by atomic mass is 9.99. The summed E-state index contributed by atoms with van der Waals surface area (Å²) in [5, 5.41) is 14.7. The van der Waals surface area contributed by atoms with Crippen molar-refractivity contribution in [2.75, 3.05) is 6.54 Å². The summed E-state index contributed by atoms with van der Waals surface area (Å²) in [7, 11) is 0. The smallest absolute Gasteiger partial charge is 0.312 e. The van der Waals surface area contributed by atoms with Gasteiger partial charge in [0.05, 0.1) is 23.0 Å². The highest BCUT2D eigenvalue weighted by atomic mass is 32.1. The van der Waals surface area contributed by atoms with Crippen molar-refractivity contribution >= 4 is 23.2 Å². The van der Waals surface area contributed by atoms with Crippen LogP contribution in [0.4, 0.5) is 0 Å². The molecular formula is C15H16N2O3S. The molecule has 0 saturated heterocycles. The number of rotatable bonds is 6. The molecule has 0 saturated carbocycles. The molecule has 2 rings (SSSR count). The lowest BCUT2D eigenvalue weighted by molar-refractivity contribution is -0.138. The van der Waals surface area contributed by atoms with Crippen LogP contribution >= 0.6 is 11.3 Å². The van der Waals surface area contributed by atoms with Gasteiger partial charge in [-0.15, -0.1) is 11.3 Å². The monoisotopic (exact) mass is 304 g/mol. The maximum atomic E-state index is 11.8. The topological polar surface area (TPSA) is 79.3 Å². The van der Waals surface area contributed by atoms with Crippen molar-refractivity contribution in [1.29, 1.82) is 0 Å². The van der Waals surface area contributed by atoms with Crippen LogP contribution in [0.15, 0.2) is 35.7 Å². The molecule has 0 aliphatic heterocycles. The number of aliphatic carboxylic acids is 1. The Balaban J connectivity index is 1.93. The molecule has 1 aromatic heterocycles. The molecule has 0 aliphatic carbocycles. The number of nitrogens with zero attached hydrogens (tertiary/aromatic N) is 1. The number of carboxylic acid groups (broad SMARTS) is 1. The minimum absolute atomic E-state index is 0.0707. The zero-order valence-corrected chi connectivity index (χ0v) is 12.4. The first-order valence-corrected chi connectivity index (χ1v) is 7.39. The number of benzene rings is 1. The summed E-state index contributed by atoms with van der Waals surface area (Å²) in [4.78, 5) is 27.4. The average molecular weight is 304 g/mol. The van der Waals surface area contributed by atoms with Crippen molar-refractivity contribution in [3.8, 4) is 0 Å². The molecule has 0 fully saturated rings. The summed E-state index contributed by atoms with van der Waals surface area (Å²) < 4.78 is 0. The predicted molar refractivity (Wildman–Crippen MR) is 80.4 cm³/mol. The van der Waals surface area contributed by atoms with Crippen LogP contribution in [0.25, 0.3) is 0 Å². The van der Waals surface area contributed by atoms with E-state index in [1.807, 2.05) is 18.4 Å². The predicted octanol–water partition coefficient (Wildman–Crippen LogP) is 1.98. The lowest BCUT2D eigenvalue weighted by Gasteiger charge is -2.13. The van der Waals surface area contributed by atoms with Crippen LogP contribution in [0.2, 0.25) is 0 Å². The Labute approximate surface area is 126 Å². The number of nitrogens with one attached hydrogen (secondary N) is 1. The highest BCUT2D eigenvalue weighted by Gasteiger charge is 2.20. The van der Waals surface area contributed by atoms with E-state index >= 15 is 0 Å². The molecule has 0 aliphatic rings. The maximum Gasteiger partial charge on any atom is 0.312 e. The number of carboxylic acids is 1. The highest BCUT2D eigenvalue weighted by Crippen LogP contribution is 2.15. The Bertz CT molecular complexity index is 625. The molecule has 2 aromatic rings. The van der Waals surface area contributed by atoms with Gasteiger partial charge in [0.1, 0.15) is 0 Å². The summed E-state index contributed by atoms with van der Waals surface area (Å²) in [6, 6.07) is 8.88. The zero-order valence-electron chi connectivity index (χ0n) is 11.6. The summed E-state index contributed by atoms with van der Waals surface area (Å²) in [5.41, 5.74) is 1.39. The number of aromatic nitrogens is 1. The Kier molecular flexibility index (Phi) is 5.05. The van der Waals surface area contributed by atoms with Gasteiger partial charge >= 0.3 is 5.97 Å². The average Bonchev–Trinajstić information content (AvgIpc) is 2.85. The second-order valence-electron chi connectivity index (χ2n) is 4.64. The van der Waals surface area contributed by atoms with Crippen LogP contribution in [-0.2, 0) is 16.0 Å². The number of carbonyl (C=O) groups excluding carboxylic acids is 1. The standard InChI is InChI=1S/C15H16N2O3S/c1-10-17-12(9-21-10)7-14(18)16-8-13(15(19)20)11-5-3-2-4-6-11/h2-6,9,13H,7-8H2,1H3,(H,16,18)(H,19,20). The van der Waals surface area contributed by atoms with E-state index in [1.54, 1.807) is 24.3 Å². The van der Waals surface area contributed by atoms with Crippen LogP contribution in [0.5, 0.6) is 0 Å². The van der Waals surface area contributed by atoms with Crippen LogP contribution in [-0.4, -0.2) is 28.5 Å². The molecule has 5 nitrogen and oxygen atoms in total. The molecule has 1 atom stereocenters. The van der Waals surface area contributed by atoms with E-state index in [1.165, 1.54) is 11.3 Å².